The molecular formula is C11H19NaO6S. The quantitative estimate of drug-likeness (QED) is 0.164. The third kappa shape index (κ3) is 8.06. The number of ether oxygens (including phenoxy) is 2. The minimum atomic E-state index is -4.50. The van der Waals surface area contributed by atoms with Crippen LogP contribution in [0.2, 0.25) is 0 Å². The molecule has 6 nitrogen and oxygen atoms in total. The summed E-state index contributed by atoms with van der Waals surface area (Å²) in [7, 11) is -4.50. The first-order valence-electron chi connectivity index (χ1n) is 5.65. The van der Waals surface area contributed by atoms with Gasteiger partial charge in [-0.1, -0.05) is 13.5 Å². The van der Waals surface area contributed by atoms with Crippen LogP contribution in [0.25, 0.3) is 0 Å². The van der Waals surface area contributed by atoms with E-state index < -0.39 is 21.0 Å². The first-order valence-corrected chi connectivity index (χ1v) is 7.06. The number of carbonyl (C=O) groups is 1. The van der Waals surface area contributed by atoms with Gasteiger partial charge >= 0.3 is 35.5 Å². The van der Waals surface area contributed by atoms with E-state index in [0.717, 1.165) is 6.08 Å². The van der Waals surface area contributed by atoms with Crippen molar-refractivity contribution < 1.29 is 56.8 Å². The first-order chi connectivity index (χ1) is 8.27. The van der Waals surface area contributed by atoms with Crippen LogP contribution >= 0.6 is 0 Å². The molecule has 1 unspecified atom stereocenters. The maximum absolute atomic E-state index is 11.0. The Hall–Kier alpha value is 0.0800. The van der Waals surface area contributed by atoms with E-state index in [9.17, 15) is 17.8 Å². The molecule has 0 saturated carbocycles. The van der Waals surface area contributed by atoms with E-state index in [4.69, 9.17) is 9.47 Å². The van der Waals surface area contributed by atoms with E-state index in [-0.39, 0.29) is 49.2 Å². The summed E-state index contributed by atoms with van der Waals surface area (Å²) in [6.07, 6.45) is 2.17. The zero-order valence-corrected chi connectivity index (χ0v) is 14.5. The van der Waals surface area contributed by atoms with Crippen molar-refractivity contribution in [2.75, 3.05) is 13.2 Å². The van der Waals surface area contributed by atoms with Crippen LogP contribution in [0.15, 0.2) is 12.7 Å². The van der Waals surface area contributed by atoms with Gasteiger partial charge in [0.2, 0.25) is 0 Å². The van der Waals surface area contributed by atoms with Crippen LogP contribution in [-0.4, -0.2) is 37.1 Å². The minimum absolute atomic E-state index is 0. The molecule has 0 aliphatic rings. The van der Waals surface area contributed by atoms with E-state index in [1.165, 1.54) is 6.92 Å². The standard InChI is InChI=1S/C11H20O6S.Na/c1-4-10(12)16-8-6-7-9-17-11(3,5-2)18(13,14)15;/h4H,1,5-9H2,2-3H3,(H,13,14,15);/q;+1/p-1. The molecule has 1 atom stereocenters. The van der Waals surface area contributed by atoms with Crippen LogP contribution in [0, 0.1) is 0 Å². The molecule has 0 fully saturated rings. The monoisotopic (exact) mass is 302 g/mol. The fraction of sp³-hybridized carbons (Fsp3) is 0.727. The van der Waals surface area contributed by atoms with Crippen molar-refractivity contribution in [1.29, 1.82) is 0 Å². The summed E-state index contributed by atoms with van der Waals surface area (Å²) >= 11 is 0. The maximum atomic E-state index is 11.0. The molecule has 0 aliphatic heterocycles. The van der Waals surface area contributed by atoms with Crippen LogP contribution in [0.5, 0.6) is 0 Å². The average molecular weight is 302 g/mol. The van der Waals surface area contributed by atoms with Crippen LogP contribution in [-0.2, 0) is 24.4 Å². The Labute approximate surface area is 136 Å². The predicted molar refractivity (Wildman–Crippen MR) is 64.7 cm³/mol. The molecule has 8 heteroatoms. The van der Waals surface area contributed by atoms with Crippen LogP contribution < -0.4 is 29.6 Å². The summed E-state index contributed by atoms with van der Waals surface area (Å²) in [6.45, 7) is 6.41. The van der Waals surface area contributed by atoms with Gasteiger partial charge in [-0.05, 0) is 26.2 Å². The third-order valence-corrected chi connectivity index (χ3v) is 3.99. The van der Waals surface area contributed by atoms with Gasteiger partial charge in [0.25, 0.3) is 0 Å². The Kier molecular flexibility index (Phi) is 11.1. The molecular weight excluding hydrogens is 283 g/mol. The Morgan fingerprint density at radius 1 is 1.37 bits per heavy atom. The molecule has 0 aromatic rings. The normalized spacial score (nSPS) is 14.1. The number of unbranched alkanes of at least 4 members (excludes halogenated alkanes) is 1. The Morgan fingerprint density at radius 3 is 2.32 bits per heavy atom. The van der Waals surface area contributed by atoms with Gasteiger partial charge in [-0.15, -0.1) is 0 Å². The Morgan fingerprint density at radius 2 is 1.89 bits per heavy atom. The molecule has 0 spiro atoms. The number of hydrogen-bond acceptors (Lipinski definition) is 6. The second kappa shape index (κ2) is 9.90. The van der Waals surface area contributed by atoms with Gasteiger partial charge in [0.15, 0.2) is 4.93 Å². The summed E-state index contributed by atoms with van der Waals surface area (Å²) in [5.74, 6) is -0.503. The van der Waals surface area contributed by atoms with Gasteiger partial charge in [0, 0.05) is 12.7 Å². The molecule has 0 heterocycles. The molecule has 0 aliphatic carbocycles. The summed E-state index contributed by atoms with van der Waals surface area (Å²) in [4.78, 5) is 9.00. The molecule has 106 valence electrons. The molecule has 0 aromatic carbocycles. The van der Waals surface area contributed by atoms with E-state index in [0.29, 0.717) is 12.8 Å². The fourth-order valence-electron chi connectivity index (χ4n) is 1.07. The second-order valence-corrected chi connectivity index (χ2v) is 5.64. The Bertz CT molecular complexity index is 381. The van der Waals surface area contributed by atoms with Crippen LogP contribution in [0.1, 0.15) is 33.1 Å². The molecule has 0 aromatic heterocycles. The van der Waals surface area contributed by atoms with Gasteiger partial charge in [-0.2, -0.15) is 0 Å². The molecule has 0 N–H and O–H groups in total. The maximum Gasteiger partial charge on any atom is 1.00 e. The summed E-state index contributed by atoms with van der Waals surface area (Å²) in [5.41, 5.74) is 0. The first kappa shape index (κ1) is 21.4. The van der Waals surface area contributed by atoms with Gasteiger partial charge in [0.05, 0.1) is 6.61 Å². The van der Waals surface area contributed by atoms with Gasteiger partial charge < -0.3 is 14.0 Å². The fourth-order valence-corrected chi connectivity index (χ4v) is 1.66. The van der Waals surface area contributed by atoms with Gasteiger partial charge in [0.1, 0.15) is 10.1 Å². The largest absolute Gasteiger partial charge is 1.00 e. The summed E-state index contributed by atoms with van der Waals surface area (Å²) in [6, 6.07) is 0. The summed E-state index contributed by atoms with van der Waals surface area (Å²) in [5, 5.41) is 0. The van der Waals surface area contributed by atoms with Crippen LogP contribution in [0.3, 0.4) is 0 Å². The molecule has 0 rings (SSSR count). The van der Waals surface area contributed by atoms with Crippen molar-refractivity contribution in [3.05, 3.63) is 12.7 Å². The van der Waals surface area contributed by atoms with Crippen molar-refractivity contribution in [2.45, 2.75) is 38.0 Å². The van der Waals surface area contributed by atoms with Crippen molar-refractivity contribution >= 4 is 16.1 Å². The number of rotatable bonds is 9. The van der Waals surface area contributed by atoms with E-state index >= 15 is 0 Å². The Balaban J connectivity index is 0. The molecule has 19 heavy (non-hydrogen) atoms. The minimum Gasteiger partial charge on any atom is -0.746 e. The molecule has 0 radical (unpaired) electrons. The van der Waals surface area contributed by atoms with E-state index in [2.05, 4.69) is 6.58 Å². The van der Waals surface area contributed by atoms with Crippen molar-refractivity contribution in [3.63, 3.8) is 0 Å². The van der Waals surface area contributed by atoms with Gasteiger partial charge in [-0.25, -0.2) is 13.2 Å². The van der Waals surface area contributed by atoms with Crippen molar-refractivity contribution in [2.24, 2.45) is 0 Å². The van der Waals surface area contributed by atoms with Gasteiger partial charge in [-0.3, -0.25) is 0 Å². The van der Waals surface area contributed by atoms with Crippen LogP contribution in [0.4, 0.5) is 0 Å². The zero-order chi connectivity index (χ0) is 14.2. The smallest absolute Gasteiger partial charge is 0.746 e. The number of hydrogen-bond donors (Lipinski definition) is 0. The topological polar surface area (TPSA) is 92.7 Å². The molecule has 0 bridgehead atoms. The number of esters is 1. The molecule has 0 saturated heterocycles. The average Bonchev–Trinajstić information content (AvgIpc) is 2.31. The SMILES string of the molecule is C=CC(=O)OCCCCOC(C)(CC)S(=O)(=O)[O-].[Na+]. The van der Waals surface area contributed by atoms with Crippen molar-refractivity contribution in [3.8, 4) is 0 Å². The zero-order valence-electron chi connectivity index (χ0n) is 11.7. The number of carbonyl (C=O) groups excluding carboxylic acids is 1. The van der Waals surface area contributed by atoms with E-state index in [1.807, 2.05) is 0 Å². The third-order valence-electron chi connectivity index (χ3n) is 2.53. The second-order valence-electron chi connectivity index (χ2n) is 3.87. The predicted octanol–water partition coefficient (Wildman–Crippen LogP) is -1.81. The molecule has 0 amide bonds. The van der Waals surface area contributed by atoms with Crippen molar-refractivity contribution in [1.82, 2.24) is 0 Å². The van der Waals surface area contributed by atoms with E-state index in [1.54, 1.807) is 6.92 Å². The summed E-state index contributed by atoms with van der Waals surface area (Å²) < 4.78 is 42.8.